The predicted octanol–water partition coefficient (Wildman–Crippen LogP) is 5.97. The minimum absolute atomic E-state index is 0. The summed E-state index contributed by atoms with van der Waals surface area (Å²) in [5, 5.41) is 12.9. The predicted molar refractivity (Wildman–Crippen MR) is 128 cm³/mol. The van der Waals surface area contributed by atoms with Crippen molar-refractivity contribution < 1.29 is 0 Å². The van der Waals surface area contributed by atoms with Gasteiger partial charge < -0.3 is 5.41 Å². The van der Waals surface area contributed by atoms with Gasteiger partial charge in [0, 0.05) is 12.4 Å². The normalized spacial score (nSPS) is 11.3. The molecule has 4 heteroatoms. The Balaban J connectivity index is 0.00000240. The topological polar surface area (TPSA) is 48.6 Å². The first-order valence-corrected chi connectivity index (χ1v) is 9.31. The fourth-order valence-electron chi connectivity index (χ4n) is 3.15. The lowest BCUT2D eigenvalue weighted by Gasteiger charge is -2.00. The van der Waals surface area contributed by atoms with Gasteiger partial charge in [-0.1, -0.05) is 72.8 Å². The summed E-state index contributed by atoms with van der Waals surface area (Å²) in [4.78, 5) is 8.78. The van der Waals surface area contributed by atoms with Crippen LogP contribution in [0.2, 0.25) is 0 Å². The van der Waals surface area contributed by atoms with Gasteiger partial charge in [0.2, 0.25) is 0 Å². The van der Waals surface area contributed by atoms with E-state index in [0.717, 1.165) is 11.1 Å². The van der Waals surface area contributed by atoms with E-state index >= 15 is 0 Å². The molecule has 4 aromatic carbocycles. The number of nitrogens with one attached hydrogen (secondary N) is 1. The number of benzene rings is 4. The van der Waals surface area contributed by atoms with E-state index in [-0.39, 0.29) is 12.4 Å². The van der Waals surface area contributed by atoms with Crippen LogP contribution >= 0.6 is 12.4 Å². The monoisotopic (exact) mass is 399 g/mol. The molecule has 29 heavy (non-hydrogen) atoms. The van der Waals surface area contributed by atoms with Crippen molar-refractivity contribution in [3.63, 3.8) is 0 Å². The largest absolute Gasteiger partial charge is 0.306 e. The number of hydrogen-bond acceptors (Lipinski definition) is 3. The van der Waals surface area contributed by atoms with Crippen molar-refractivity contribution in [2.75, 3.05) is 13.1 Å². The Morgan fingerprint density at radius 2 is 1.03 bits per heavy atom. The number of aliphatic imine (C=N–C) groups is 2. The van der Waals surface area contributed by atoms with Crippen molar-refractivity contribution in [1.82, 2.24) is 0 Å². The third-order valence-electron chi connectivity index (χ3n) is 4.59. The van der Waals surface area contributed by atoms with E-state index in [1.54, 1.807) is 0 Å². The Hall–Kier alpha value is -3.30. The van der Waals surface area contributed by atoms with Gasteiger partial charge in [-0.25, -0.2) is 0 Å². The van der Waals surface area contributed by atoms with Gasteiger partial charge in [-0.2, -0.15) is 0 Å². The molecule has 0 radical (unpaired) electrons. The van der Waals surface area contributed by atoms with Crippen LogP contribution in [0.3, 0.4) is 0 Å². The molecule has 1 N–H and O–H groups in total. The minimum Gasteiger partial charge on any atom is -0.306 e. The van der Waals surface area contributed by atoms with Crippen molar-refractivity contribution in [3.05, 3.63) is 96.1 Å². The maximum atomic E-state index is 8.06. The van der Waals surface area contributed by atoms with Crippen LogP contribution in [0.15, 0.2) is 94.9 Å². The fraction of sp³-hybridized carbons (Fsp3) is 0.0800. The van der Waals surface area contributed by atoms with Crippen molar-refractivity contribution in [2.24, 2.45) is 9.98 Å². The average molecular weight is 400 g/mol. The van der Waals surface area contributed by atoms with Crippen molar-refractivity contribution >= 4 is 52.1 Å². The first-order valence-electron chi connectivity index (χ1n) is 9.31. The van der Waals surface area contributed by atoms with Crippen LogP contribution in [0.5, 0.6) is 0 Å². The third-order valence-corrected chi connectivity index (χ3v) is 4.59. The highest BCUT2D eigenvalue weighted by molar-refractivity contribution is 5.94. The van der Waals surface area contributed by atoms with Gasteiger partial charge in [0.15, 0.2) is 0 Å². The maximum Gasteiger partial charge on any atom is 0.0784 e. The van der Waals surface area contributed by atoms with E-state index in [2.05, 4.69) is 58.5 Å². The molecule has 0 atom stereocenters. The summed E-state index contributed by atoms with van der Waals surface area (Å²) in [6, 6.07) is 29.0. The molecule has 0 aliphatic rings. The molecule has 0 fully saturated rings. The lowest BCUT2D eigenvalue weighted by atomic mass is 10.1. The van der Waals surface area contributed by atoms with E-state index in [4.69, 9.17) is 5.41 Å². The zero-order valence-electron chi connectivity index (χ0n) is 16.0. The average Bonchev–Trinajstić information content (AvgIpc) is 2.73. The summed E-state index contributed by atoms with van der Waals surface area (Å²) in [6.07, 6.45) is 3.65. The lowest BCUT2D eigenvalue weighted by molar-refractivity contribution is 1.17. The van der Waals surface area contributed by atoms with Gasteiger partial charge in [-0.3, -0.25) is 9.98 Å². The zero-order valence-corrected chi connectivity index (χ0v) is 16.8. The number of fused-ring (bicyclic) bond motifs is 2. The Kier molecular flexibility index (Phi) is 6.88. The summed E-state index contributed by atoms with van der Waals surface area (Å²) in [5.74, 6) is 0. The summed E-state index contributed by atoms with van der Waals surface area (Å²) >= 11 is 0. The van der Waals surface area contributed by atoms with Crippen LogP contribution in [0.25, 0.3) is 21.5 Å². The van der Waals surface area contributed by atoms with Crippen LogP contribution < -0.4 is 0 Å². The molecule has 144 valence electrons. The first kappa shape index (κ1) is 20.4. The summed E-state index contributed by atoms with van der Waals surface area (Å²) < 4.78 is 0. The van der Waals surface area contributed by atoms with E-state index < -0.39 is 0 Å². The van der Waals surface area contributed by atoms with Gasteiger partial charge in [0.05, 0.1) is 18.8 Å². The van der Waals surface area contributed by atoms with E-state index in [1.807, 2.05) is 48.8 Å². The quantitative estimate of drug-likeness (QED) is 0.388. The molecule has 0 aromatic heterocycles. The zero-order chi connectivity index (χ0) is 19.2. The SMILES string of the molecule is Cl.N=C(CN=Cc1ccc2ccccc2c1)CN=Cc1ccc2ccccc2c1. The second-order valence-corrected chi connectivity index (χ2v) is 6.76. The van der Waals surface area contributed by atoms with E-state index in [1.165, 1.54) is 21.5 Å². The summed E-state index contributed by atoms with van der Waals surface area (Å²) in [5.41, 5.74) is 2.59. The molecule has 0 spiro atoms. The standard InChI is InChI=1S/C25H21N3.ClH/c26-25(17-27-15-19-9-11-21-5-1-3-7-23(21)13-19)18-28-16-20-10-12-22-6-2-4-8-24(22)14-20;/h1-16,26H,17-18H2;1H. The molecule has 0 amide bonds. The molecule has 0 aliphatic heterocycles. The molecular weight excluding hydrogens is 378 g/mol. The summed E-state index contributed by atoms with van der Waals surface area (Å²) in [7, 11) is 0. The number of nitrogens with zero attached hydrogens (tertiary/aromatic N) is 2. The molecule has 0 saturated heterocycles. The Bertz CT molecular complexity index is 1100. The maximum absolute atomic E-state index is 8.06. The Labute approximate surface area is 176 Å². The van der Waals surface area contributed by atoms with Crippen LogP contribution in [0.4, 0.5) is 0 Å². The lowest BCUT2D eigenvalue weighted by Crippen LogP contribution is -2.06. The first-order chi connectivity index (χ1) is 13.8. The molecule has 0 bridgehead atoms. The second kappa shape index (κ2) is 9.76. The third kappa shape index (κ3) is 5.37. The number of hydrogen-bond donors (Lipinski definition) is 1. The smallest absolute Gasteiger partial charge is 0.0784 e. The van der Waals surface area contributed by atoms with Crippen LogP contribution in [-0.2, 0) is 0 Å². The fourth-order valence-corrected chi connectivity index (χ4v) is 3.15. The molecule has 0 saturated carbocycles. The van der Waals surface area contributed by atoms with Gasteiger partial charge in [-0.05, 0) is 44.8 Å². The number of rotatable bonds is 6. The van der Waals surface area contributed by atoms with Crippen LogP contribution in [0.1, 0.15) is 11.1 Å². The van der Waals surface area contributed by atoms with Crippen LogP contribution in [0, 0.1) is 5.41 Å². The highest BCUT2D eigenvalue weighted by Crippen LogP contribution is 2.15. The summed E-state index contributed by atoms with van der Waals surface area (Å²) in [6.45, 7) is 0.726. The Morgan fingerprint density at radius 1 is 0.621 bits per heavy atom. The molecule has 0 unspecified atom stereocenters. The van der Waals surface area contributed by atoms with Crippen molar-refractivity contribution in [2.45, 2.75) is 0 Å². The van der Waals surface area contributed by atoms with Crippen molar-refractivity contribution in [1.29, 1.82) is 5.41 Å². The van der Waals surface area contributed by atoms with Crippen LogP contribution in [-0.4, -0.2) is 31.2 Å². The molecule has 4 aromatic rings. The minimum atomic E-state index is 0. The van der Waals surface area contributed by atoms with Crippen molar-refractivity contribution in [3.8, 4) is 0 Å². The Morgan fingerprint density at radius 3 is 1.48 bits per heavy atom. The second-order valence-electron chi connectivity index (χ2n) is 6.76. The number of halogens is 1. The van der Waals surface area contributed by atoms with E-state index in [9.17, 15) is 0 Å². The molecular formula is C25H22ClN3. The highest BCUT2D eigenvalue weighted by Gasteiger charge is 1.96. The molecule has 4 rings (SSSR count). The molecule has 0 aliphatic carbocycles. The van der Waals surface area contributed by atoms with Gasteiger partial charge >= 0.3 is 0 Å². The molecule has 0 heterocycles. The van der Waals surface area contributed by atoms with Gasteiger partial charge in [0.1, 0.15) is 0 Å². The highest BCUT2D eigenvalue weighted by atomic mass is 35.5. The van der Waals surface area contributed by atoms with Gasteiger partial charge in [-0.15, -0.1) is 12.4 Å². The van der Waals surface area contributed by atoms with Gasteiger partial charge in [0.25, 0.3) is 0 Å². The van der Waals surface area contributed by atoms with E-state index in [0.29, 0.717) is 18.8 Å². The molecule has 3 nitrogen and oxygen atoms in total.